The Hall–Kier alpha value is -1.06. The number of carboxylic acid groups (broad SMARTS) is 1. The number of carbonyl (C=O) groups excluding carboxylic acids is 1. The lowest BCUT2D eigenvalue weighted by molar-refractivity contribution is -0.143. The zero-order valence-electron chi connectivity index (χ0n) is 16.0. The van der Waals surface area contributed by atoms with Gasteiger partial charge in [-0.3, -0.25) is 9.59 Å². The van der Waals surface area contributed by atoms with E-state index in [0.717, 1.165) is 62.2 Å². The predicted octanol–water partition coefficient (Wildman–Crippen LogP) is 4.47. The molecule has 0 saturated heterocycles. The lowest BCUT2D eigenvalue weighted by Crippen LogP contribution is -2.28. The van der Waals surface area contributed by atoms with Gasteiger partial charge in [0.25, 0.3) is 0 Å². The maximum absolute atomic E-state index is 10.9. The monoisotopic (exact) mass is 339 g/mol. The average Bonchev–Trinajstić information content (AvgIpc) is 2.55. The minimum absolute atomic E-state index is 0.0556. The van der Waals surface area contributed by atoms with Crippen molar-refractivity contribution in [3.05, 3.63) is 0 Å². The van der Waals surface area contributed by atoms with E-state index in [4.69, 9.17) is 10.8 Å². The third-order valence-corrected chi connectivity index (χ3v) is 6.18. The van der Waals surface area contributed by atoms with Crippen molar-refractivity contribution in [2.75, 3.05) is 0 Å². The van der Waals surface area contributed by atoms with Gasteiger partial charge in [0.05, 0.1) is 5.92 Å². The van der Waals surface area contributed by atoms with Gasteiger partial charge in [-0.25, -0.2) is 0 Å². The molecule has 0 atom stereocenters. The SMILES string of the molecule is CC(C)C1CCC(C(=O)O)CC1.CC(C)C1CCC(C(N)=O)CC1. The molecular weight excluding hydrogens is 302 g/mol. The van der Waals surface area contributed by atoms with E-state index in [1.807, 2.05) is 0 Å². The van der Waals surface area contributed by atoms with Crippen molar-refractivity contribution in [3.63, 3.8) is 0 Å². The molecule has 4 heteroatoms. The normalized spacial score (nSPS) is 30.6. The summed E-state index contributed by atoms with van der Waals surface area (Å²) < 4.78 is 0. The Morgan fingerprint density at radius 3 is 1.33 bits per heavy atom. The van der Waals surface area contributed by atoms with Crippen LogP contribution in [0.2, 0.25) is 0 Å². The fourth-order valence-electron chi connectivity index (χ4n) is 4.10. The summed E-state index contributed by atoms with van der Waals surface area (Å²) in [6.07, 6.45) is 8.38. The maximum Gasteiger partial charge on any atom is 0.306 e. The first-order valence-corrected chi connectivity index (χ1v) is 9.74. The molecule has 24 heavy (non-hydrogen) atoms. The van der Waals surface area contributed by atoms with E-state index in [0.29, 0.717) is 0 Å². The summed E-state index contributed by atoms with van der Waals surface area (Å²) in [4.78, 5) is 21.5. The summed E-state index contributed by atoms with van der Waals surface area (Å²) in [5, 5.41) is 8.76. The van der Waals surface area contributed by atoms with Crippen molar-refractivity contribution in [2.24, 2.45) is 41.2 Å². The van der Waals surface area contributed by atoms with Crippen molar-refractivity contribution in [2.45, 2.75) is 79.1 Å². The fourth-order valence-corrected chi connectivity index (χ4v) is 4.10. The van der Waals surface area contributed by atoms with E-state index in [-0.39, 0.29) is 17.7 Å². The van der Waals surface area contributed by atoms with Gasteiger partial charge in [0.1, 0.15) is 0 Å². The largest absolute Gasteiger partial charge is 0.481 e. The zero-order chi connectivity index (χ0) is 18.3. The van der Waals surface area contributed by atoms with Gasteiger partial charge >= 0.3 is 5.97 Å². The van der Waals surface area contributed by atoms with E-state index < -0.39 is 5.97 Å². The van der Waals surface area contributed by atoms with Crippen LogP contribution >= 0.6 is 0 Å². The number of aliphatic carboxylic acids is 1. The summed E-state index contributed by atoms with van der Waals surface area (Å²) in [7, 11) is 0. The first-order chi connectivity index (χ1) is 11.2. The highest BCUT2D eigenvalue weighted by molar-refractivity contribution is 5.76. The quantitative estimate of drug-likeness (QED) is 0.793. The van der Waals surface area contributed by atoms with Gasteiger partial charge in [-0.1, -0.05) is 27.7 Å². The lowest BCUT2D eigenvalue weighted by atomic mass is 9.77. The highest BCUT2D eigenvalue weighted by Gasteiger charge is 2.27. The van der Waals surface area contributed by atoms with Gasteiger partial charge in [0, 0.05) is 5.92 Å². The smallest absolute Gasteiger partial charge is 0.306 e. The minimum Gasteiger partial charge on any atom is -0.481 e. The summed E-state index contributed by atoms with van der Waals surface area (Å²) in [6.45, 7) is 8.97. The molecule has 2 aliphatic carbocycles. The lowest BCUT2D eigenvalue weighted by Gasteiger charge is -2.29. The van der Waals surface area contributed by atoms with Crippen LogP contribution in [0.15, 0.2) is 0 Å². The van der Waals surface area contributed by atoms with E-state index in [1.165, 1.54) is 12.8 Å². The molecule has 0 aromatic rings. The van der Waals surface area contributed by atoms with E-state index in [1.54, 1.807) is 0 Å². The van der Waals surface area contributed by atoms with Crippen LogP contribution < -0.4 is 5.73 Å². The van der Waals surface area contributed by atoms with Gasteiger partial charge < -0.3 is 10.8 Å². The molecule has 2 saturated carbocycles. The molecule has 4 nitrogen and oxygen atoms in total. The number of primary amides is 1. The Morgan fingerprint density at radius 1 is 0.750 bits per heavy atom. The second-order valence-corrected chi connectivity index (χ2v) is 8.45. The Morgan fingerprint density at radius 2 is 1.08 bits per heavy atom. The van der Waals surface area contributed by atoms with Gasteiger partial charge in [-0.15, -0.1) is 0 Å². The Kier molecular flexibility index (Phi) is 8.79. The Bertz CT molecular complexity index is 352. The molecule has 2 fully saturated rings. The molecule has 0 heterocycles. The third kappa shape index (κ3) is 6.82. The van der Waals surface area contributed by atoms with Crippen LogP contribution in [0, 0.1) is 35.5 Å². The van der Waals surface area contributed by atoms with Crippen LogP contribution in [0.1, 0.15) is 79.1 Å². The zero-order valence-corrected chi connectivity index (χ0v) is 16.0. The van der Waals surface area contributed by atoms with Crippen LogP contribution in [0.3, 0.4) is 0 Å². The van der Waals surface area contributed by atoms with Crippen LogP contribution in [0.4, 0.5) is 0 Å². The van der Waals surface area contributed by atoms with Gasteiger partial charge in [-0.2, -0.15) is 0 Å². The second-order valence-electron chi connectivity index (χ2n) is 8.45. The van der Waals surface area contributed by atoms with Crippen molar-refractivity contribution in [1.29, 1.82) is 0 Å². The second kappa shape index (κ2) is 10.0. The number of carbonyl (C=O) groups is 2. The van der Waals surface area contributed by atoms with Gasteiger partial charge in [-0.05, 0) is 75.0 Å². The van der Waals surface area contributed by atoms with Crippen LogP contribution in [0.5, 0.6) is 0 Å². The first kappa shape index (κ1) is 21.0. The standard InChI is InChI=1S/C10H19NO.C10H18O2/c2*1-7(2)8-3-5-9(6-4-8)10(11)12/h7-9H,3-6H2,1-2H3,(H2,11,12);7-9H,3-6H2,1-2H3,(H,11,12). The Balaban J connectivity index is 0.000000240. The molecule has 0 spiro atoms. The highest BCUT2D eigenvalue weighted by atomic mass is 16.4. The van der Waals surface area contributed by atoms with Crippen molar-refractivity contribution >= 4 is 11.9 Å². The number of nitrogens with two attached hydrogens (primary N) is 1. The molecule has 2 aliphatic rings. The first-order valence-electron chi connectivity index (χ1n) is 9.74. The molecule has 0 aliphatic heterocycles. The molecule has 1 amide bonds. The number of hydrogen-bond acceptors (Lipinski definition) is 2. The summed E-state index contributed by atoms with van der Waals surface area (Å²) >= 11 is 0. The Labute approximate surface area is 147 Å². The molecule has 140 valence electrons. The summed E-state index contributed by atoms with van der Waals surface area (Å²) in [5.41, 5.74) is 5.25. The highest BCUT2D eigenvalue weighted by Crippen LogP contribution is 2.33. The summed E-state index contributed by atoms with van der Waals surface area (Å²) in [5.74, 6) is 2.48. The average molecular weight is 340 g/mol. The van der Waals surface area contributed by atoms with Gasteiger partial charge in [0.15, 0.2) is 0 Å². The van der Waals surface area contributed by atoms with Crippen LogP contribution in [-0.4, -0.2) is 17.0 Å². The van der Waals surface area contributed by atoms with Crippen molar-refractivity contribution < 1.29 is 14.7 Å². The molecule has 0 radical (unpaired) electrons. The van der Waals surface area contributed by atoms with Crippen LogP contribution in [0.25, 0.3) is 0 Å². The fraction of sp³-hybridized carbons (Fsp3) is 0.900. The number of amides is 1. The molecule has 0 aromatic heterocycles. The van der Waals surface area contributed by atoms with E-state index in [9.17, 15) is 9.59 Å². The van der Waals surface area contributed by atoms with Gasteiger partial charge in [0.2, 0.25) is 5.91 Å². The van der Waals surface area contributed by atoms with E-state index in [2.05, 4.69) is 27.7 Å². The van der Waals surface area contributed by atoms with Crippen molar-refractivity contribution in [1.82, 2.24) is 0 Å². The van der Waals surface area contributed by atoms with E-state index >= 15 is 0 Å². The minimum atomic E-state index is -0.600. The number of carboxylic acids is 1. The van der Waals surface area contributed by atoms with Crippen LogP contribution in [-0.2, 0) is 9.59 Å². The number of rotatable bonds is 4. The maximum atomic E-state index is 10.9. The molecular formula is C20H37NO3. The molecule has 3 N–H and O–H groups in total. The topological polar surface area (TPSA) is 80.4 Å². The molecule has 0 unspecified atom stereocenters. The third-order valence-electron chi connectivity index (χ3n) is 6.18. The molecule has 0 bridgehead atoms. The van der Waals surface area contributed by atoms with Crippen molar-refractivity contribution in [3.8, 4) is 0 Å². The number of hydrogen-bond donors (Lipinski definition) is 2. The predicted molar refractivity (Wildman–Crippen MR) is 97.4 cm³/mol. The summed E-state index contributed by atoms with van der Waals surface area (Å²) in [6, 6.07) is 0. The molecule has 2 rings (SSSR count). The molecule has 0 aromatic carbocycles.